The van der Waals surface area contributed by atoms with E-state index >= 15 is 0 Å². The average Bonchev–Trinajstić information content (AvgIpc) is 2.77. The van der Waals surface area contributed by atoms with Gasteiger partial charge in [-0.25, -0.2) is 0 Å². The zero-order valence-electron chi connectivity index (χ0n) is 10.5. The van der Waals surface area contributed by atoms with Gasteiger partial charge in [0.1, 0.15) is 0 Å². The summed E-state index contributed by atoms with van der Waals surface area (Å²) in [6.45, 7) is 2.13. The minimum absolute atomic E-state index is 1.22. The van der Waals surface area contributed by atoms with Crippen LogP contribution in [0.4, 0.5) is 0 Å². The topological polar surface area (TPSA) is 15.8 Å². The van der Waals surface area contributed by atoms with Gasteiger partial charge >= 0.3 is 0 Å². The Labute approximate surface area is 111 Å². The lowest BCUT2D eigenvalue weighted by Crippen LogP contribution is -1.78. The monoisotopic (exact) mass is 253 g/mol. The maximum atomic E-state index is 3.52. The van der Waals surface area contributed by atoms with Crippen LogP contribution in [0.15, 0.2) is 53.6 Å². The molecule has 0 aliphatic heterocycles. The number of nitrogens with one attached hydrogen (secondary N) is 1. The lowest BCUT2D eigenvalue weighted by atomic mass is 10.0. The van der Waals surface area contributed by atoms with Gasteiger partial charge < -0.3 is 4.98 Å². The number of fused-ring (bicyclic) bond motifs is 1. The van der Waals surface area contributed by atoms with Crippen LogP contribution in [0, 0.1) is 6.92 Å². The Balaban J connectivity index is 2.33. The van der Waals surface area contributed by atoms with E-state index in [4.69, 9.17) is 0 Å². The molecule has 0 aliphatic carbocycles. The third kappa shape index (κ3) is 1.83. The third-order valence-corrected chi connectivity index (χ3v) is 3.90. The summed E-state index contributed by atoms with van der Waals surface area (Å²) in [6, 6.07) is 17.2. The number of hydrogen-bond donors (Lipinski definition) is 1. The fourth-order valence-electron chi connectivity index (χ4n) is 2.33. The fraction of sp³-hybridized carbons (Fsp3) is 0.125. The highest BCUT2D eigenvalue weighted by Gasteiger charge is 2.12. The van der Waals surface area contributed by atoms with Gasteiger partial charge in [-0.1, -0.05) is 42.5 Å². The first-order chi connectivity index (χ1) is 8.79. The van der Waals surface area contributed by atoms with Crippen LogP contribution in [0.3, 0.4) is 0 Å². The molecule has 1 N–H and O–H groups in total. The molecular weight excluding hydrogens is 238 g/mol. The molecule has 3 aromatic rings. The Morgan fingerprint density at radius 2 is 1.78 bits per heavy atom. The molecule has 0 saturated heterocycles. The standard InChI is InChI=1S/C16H15NS/c1-11-8-9-13-14(10-11)17-16(18-2)15(13)12-6-4-3-5-7-12/h3-10,17H,1-2H3. The van der Waals surface area contributed by atoms with Crippen LogP contribution in [-0.4, -0.2) is 11.2 Å². The zero-order valence-corrected chi connectivity index (χ0v) is 11.3. The molecule has 2 heteroatoms. The predicted octanol–water partition coefficient (Wildman–Crippen LogP) is 4.87. The molecule has 0 bridgehead atoms. The molecule has 0 atom stereocenters. The number of rotatable bonds is 2. The zero-order chi connectivity index (χ0) is 12.5. The molecule has 0 radical (unpaired) electrons. The molecule has 0 aliphatic rings. The van der Waals surface area contributed by atoms with Gasteiger partial charge in [0, 0.05) is 16.5 Å². The number of aromatic amines is 1. The summed E-state index contributed by atoms with van der Waals surface area (Å²) >= 11 is 1.77. The van der Waals surface area contributed by atoms with Crippen molar-refractivity contribution >= 4 is 22.7 Å². The maximum absolute atomic E-state index is 3.52. The van der Waals surface area contributed by atoms with E-state index in [-0.39, 0.29) is 0 Å². The van der Waals surface area contributed by atoms with E-state index < -0.39 is 0 Å². The highest BCUT2D eigenvalue weighted by Crippen LogP contribution is 2.37. The molecule has 0 spiro atoms. The van der Waals surface area contributed by atoms with E-state index in [9.17, 15) is 0 Å². The molecule has 0 saturated carbocycles. The van der Waals surface area contributed by atoms with E-state index in [1.807, 2.05) is 0 Å². The number of hydrogen-bond acceptors (Lipinski definition) is 1. The maximum Gasteiger partial charge on any atom is 0.0809 e. The summed E-state index contributed by atoms with van der Waals surface area (Å²) < 4.78 is 0. The van der Waals surface area contributed by atoms with Gasteiger partial charge in [0.05, 0.1) is 5.03 Å². The summed E-state index contributed by atoms with van der Waals surface area (Å²) in [5.41, 5.74) is 5.10. The Morgan fingerprint density at radius 3 is 2.50 bits per heavy atom. The van der Waals surface area contributed by atoms with Gasteiger partial charge in [0.25, 0.3) is 0 Å². The largest absolute Gasteiger partial charge is 0.349 e. The van der Waals surface area contributed by atoms with Crippen LogP contribution in [0.5, 0.6) is 0 Å². The van der Waals surface area contributed by atoms with Crippen LogP contribution >= 0.6 is 11.8 Å². The van der Waals surface area contributed by atoms with Gasteiger partial charge in [-0.15, -0.1) is 11.8 Å². The lowest BCUT2D eigenvalue weighted by molar-refractivity contribution is 1.24. The minimum Gasteiger partial charge on any atom is -0.349 e. The molecule has 0 unspecified atom stereocenters. The first kappa shape index (κ1) is 11.4. The van der Waals surface area contributed by atoms with Crippen LogP contribution < -0.4 is 0 Å². The van der Waals surface area contributed by atoms with Crippen molar-refractivity contribution in [1.29, 1.82) is 0 Å². The van der Waals surface area contributed by atoms with E-state index in [0.29, 0.717) is 0 Å². The number of aryl methyl sites for hydroxylation is 1. The summed E-state index contributed by atoms with van der Waals surface area (Å²) in [6.07, 6.45) is 2.12. The first-order valence-corrected chi connectivity index (χ1v) is 7.24. The number of H-pyrrole nitrogens is 1. The smallest absolute Gasteiger partial charge is 0.0809 e. The van der Waals surface area contributed by atoms with Crippen molar-refractivity contribution in [2.24, 2.45) is 0 Å². The summed E-state index contributed by atoms with van der Waals surface area (Å²) in [5, 5.41) is 2.54. The van der Waals surface area contributed by atoms with Crippen molar-refractivity contribution in [3.63, 3.8) is 0 Å². The number of aromatic nitrogens is 1. The highest BCUT2D eigenvalue weighted by molar-refractivity contribution is 7.98. The number of thioether (sulfide) groups is 1. The number of benzene rings is 2. The second-order valence-electron chi connectivity index (χ2n) is 4.45. The van der Waals surface area contributed by atoms with Crippen LogP contribution in [0.1, 0.15) is 5.56 Å². The van der Waals surface area contributed by atoms with Gasteiger partial charge in [0.2, 0.25) is 0 Å². The van der Waals surface area contributed by atoms with Gasteiger partial charge in [-0.05, 0) is 30.4 Å². The SMILES string of the molecule is CSc1[nH]c2cc(C)ccc2c1-c1ccccc1. The van der Waals surface area contributed by atoms with E-state index in [1.54, 1.807) is 11.8 Å². The minimum atomic E-state index is 1.22. The average molecular weight is 253 g/mol. The molecule has 90 valence electrons. The lowest BCUT2D eigenvalue weighted by Gasteiger charge is -2.02. The molecule has 2 aromatic carbocycles. The third-order valence-electron chi connectivity index (χ3n) is 3.19. The van der Waals surface area contributed by atoms with Crippen LogP contribution in [0.25, 0.3) is 22.0 Å². The quantitative estimate of drug-likeness (QED) is 0.644. The fourth-order valence-corrected chi connectivity index (χ4v) is 2.98. The van der Waals surface area contributed by atoms with Gasteiger partial charge in [-0.2, -0.15) is 0 Å². The van der Waals surface area contributed by atoms with Gasteiger partial charge in [-0.3, -0.25) is 0 Å². The molecule has 0 fully saturated rings. The summed E-state index contributed by atoms with van der Waals surface area (Å²) in [5.74, 6) is 0. The van der Waals surface area contributed by atoms with Crippen LogP contribution in [0.2, 0.25) is 0 Å². The van der Waals surface area contributed by atoms with Crippen molar-refractivity contribution in [3.05, 3.63) is 54.1 Å². The van der Waals surface area contributed by atoms with Crippen molar-refractivity contribution in [3.8, 4) is 11.1 Å². The van der Waals surface area contributed by atoms with Crippen molar-refractivity contribution in [1.82, 2.24) is 4.98 Å². The molecule has 1 heterocycles. The first-order valence-electron chi connectivity index (χ1n) is 6.01. The molecule has 18 heavy (non-hydrogen) atoms. The molecule has 1 aromatic heterocycles. The normalized spacial score (nSPS) is 11.0. The molecule has 3 rings (SSSR count). The highest BCUT2D eigenvalue weighted by atomic mass is 32.2. The van der Waals surface area contributed by atoms with Crippen LogP contribution in [-0.2, 0) is 0 Å². The molecular formula is C16H15NS. The Bertz CT molecular complexity index is 683. The Hall–Kier alpha value is -1.67. The second kappa shape index (κ2) is 4.54. The van der Waals surface area contributed by atoms with E-state index in [0.717, 1.165) is 0 Å². The second-order valence-corrected chi connectivity index (χ2v) is 5.26. The Kier molecular flexibility index (Phi) is 2.88. The van der Waals surface area contributed by atoms with E-state index in [1.165, 1.54) is 32.6 Å². The predicted molar refractivity (Wildman–Crippen MR) is 80.3 cm³/mol. The molecule has 0 amide bonds. The van der Waals surface area contributed by atoms with Gasteiger partial charge in [0.15, 0.2) is 0 Å². The van der Waals surface area contributed by atoms with Crippen molar-refractivity contribution in [2.45, 2.75) is 11.9 Å². The summed E-state index contributed by atoms with van der Waals surface area (Å²) in [4.78, 5) is 3.52. The van der Waals surface area contributed by atoms with Crippen molar-refractivity contribution < 1.29 is 0 Å². The summed E-state index contributed by atoms with van der Waals surface area (Å²) in [7, 11) is 0. The Morgan fingerprint density at radius 1 is 1.00 bits per heavy atom. The van der Waals surface area contributed by atoms with E-state index in [2.05, 4.69) is 66.7 Å². The van der Waals surface area contributed by atoms with Crippen molar-refractivity contribution in [2.75, 3.05) is 6.26 Å². The molecule has 1 nitrogen and oxygen atoms in total.